The lowest BCUT2D eigenvalue weighted by molar-refractivity contribution is -0.105. The van der Waals surface area contributed by atoms with Crippen LogP contribution in [0.4, 0.5) is 11.5 Å². The minimum atomic E-state index is 0.0433. The fourth-order valence-corrected chi connectivity index (χ4v) is 4.17. The molecule has 0 atom stereocenters. The maximum absolute atomic E-state index is 12.8. The highest BCUT2D eigenvalue weighted by Gasteiger charge is 2.33. The largest absolute Gasteiger partial charge is 0.353 e. The third-order valence-electron chi connectivity index (χ3n) is 6.21. The lowest BCUT2D eigenvalue weighted by atomic mass is 10.1. The number of carbonyl (C=O) groups excluding carboxylic acids is 2. The number of nitrogens with zero attached hydrogens (tertiary/aromatic N) is 3. The molecule has 1 aromatic carbocycles. The molecule has 1 aromatic heterocycles. The Morgan fingerprint density at radius 1 is 1.00 bits per heavy atom. The molecule has 0 unspecified atom stereocenters. The van der Waals surface area contributed by atoms with Gasteiger partial charge in [0.25, 0.3) is 5.91 Å². The van der Waals surface area contributed by atoms with Crippen molar-refractivity contribution in [3.05, 3.63) is 53.2 Å². The molecule has 1 N–H and O–H groups in total. The second-order valence-electron chi connectivity index (χ2n) is 8.35. The van der Waals surface area contributed by atoms with E-state index in [0.29, 0.717) is 36.7 Å². The average molecular weight is 390 g/mol. The Balaban J connectivity index is 1.25. The number of hydrogen-bond acceptors (Lipinski definition) is 4. The fourth-order valence-electron chi connectivity index (χ4n) is 4.17. The van der Waals surface area contributed by atoms with Gasteiger partial charge in [0.15, 0.2) is 0 Å². The van der Waals surface area contributed by atoms with Crippen molar-refractivity contribution in [2.75, 3.05) is 36.4 Å². The normalized spacial score (nSPS) is 19.2. The molecule has 29 heavy (non-hydrogen) atoms. The number of pyridine rings is 1. The lowest BCUT2D eigenvalue weighted by Crippen LogP contribution is -2.49. The zero-order valence-electron chi connectivity index (χ0n) is 16.5. The third kappa shape index (κ3) is 3.84. The number of piperazine rings is 1. The van der Waals surface area contributed by atoms with E-state index in [-0.39, 0.29) is 5.91 Å². The summed E-state index contributed by atoms with van der Waals surface area (Å²) in [6.45, 7) is 3.02. The Bertz CT molecular complexity index is 911. The molecule has 0 spiro atoms. The van der Waals surface area contributed by atoms with E-state index in [1.807, 2.05) is 4.90 Å². The maximum atomic E-state index is 12.8. The first-order chi connectivity index (χ1) is 14.2. The first kappa shape index (κ1) is 18.2. The lowest BCUT2D eigenvalue weighted by Gasteiger charge is -2.36. The van der Waals surface area contributed by atoms with Crippen LogP contribution in [0.3, 0.4) is 0 Å². The summed E-state index contributed by atoms with van der Waals surface area (Å²) in [6, 6.07) is 9.45. The molecule has 6 nitrogen and oxygen atoms in total. The van der Waals surface area contributed by atoms with Crippen LogP contribution in [0.25, 0.3) is 0 Å². The molecule has 0 radical (unpaired) electrons. The van der Waals surface area contributed by atoms with Gasteiger partial charge >= 0.3 is 0 Å². The van der Waals surface area contributed by atoms with E-state index in [9.17, 15) is 9.59 Å². The molecule has 5 rings (SSSR count). The van der Waals surface area contributed by atoms with Gasteiger partial charge in [-0.2, -0.15) is 0 Å². The summed E-state index contributed by atoms with van der Waals surface area (Å²) in [5.41, 5.74) is 4.18. The van der Waals surface area contributed by atoms with Gasteiger partial charge in [-0.25, -0.2) is 4.98 Å². The number of rotatable bonds is 6. The molecule has 2 saturated carbocycles. The number of anilines is 2. The number of hydrogen-bond donors (Lipinski definition) is 1. The molecule has 2 aliphatic carbocycles. The van der Waals surface area contributed by atoms with Crippen molar-refractivity contribution in [1.29, 1.82) is 0 Å². The maximum Gasteiger partial charge on any atom is 0.253 e. The molecule has 1 saturated heterocycles. The Morgan fingerprint density at radius 3 is 2.31 bits per heavy atom. The predicted molar refractivity (Wildman–Crippen MR) is 112 cm³/mol. The number of aromatic nitrogens is 1. The molecule has 1 aliphatic heterocycles. The topological polar surface area (TPSA) is 65.5 Å². The van der Waals surface area contributed by atoms with Gasteiger partial charge in [-0.3, -0.25) is 9.59 Å². The highest BCUT2D eigenvalue weighted by molar-refractivity contribution is 5.95. The average Bonchev–Trinajstić information content (AvgIpc) is 3.66. The van der Waals surface area contributed by atoms with Gasteiger partial charge in [0, 0.05) is 43.6 Å². The quantitative estimate of drug-likeness (QED) is 0.768. The number of amides is 2. The molecular formula is C23H26N4O2. The van der Waals surface area contributed by atoms with Crippen LogP contribution in [0.1, 0.15) is 59.0 Å². The van der Waals surface area contributed by atoms with Crippen molar-refractivity contribution < 1.29 is 9.59 Å². The van der Waals surface area contributed by atoms with Crippen molar-refractivity contribution in [2.24, 2.45) is 0 Å². The Kier molecular flexibility index (Phi) is 4.70. The summed E-state index contributed by atoms with van der Waals surface area (Å²) in [5.74, 6) is 2.58. The van der Waals surface area contributed by atoms with Crippen molar-refractivity contribution in [1.82, 2.24) is 9.88 Å². The van der Waals surface area contributed by atoms with Crippen LogP contribution >= 0.6 is 0 Å². The number of carbonyl (C=O) groups is 2. The van der Waals surface area contributed by atoms with Gasteiger partial charge in [-0.05, 0) is 72.9 Å². The molecule has 0 bridgehead atoms. The zero-order chi connectivity index (χ0) is 19.8. The van der Waals surface area contributed by atoms with Gasteiger partial charge in [0.05, 0.1) is 0 Å². The van der Waals surface area contributed by atoms with Crippen LogP contribution in [-0.2, 0) is 4.79 Å². The summed E-state index contributed by atoms with van der Waals surface area (Å²) in [6.07, 6.45) is 7.87. The van der Waals surface area contributed by atoms with Gasteiger partial charge in [0.2, 0.25) is 6.41 Å². The highest BCUT2D eigenvalue weighted by Crippen LogP contribution is 2.47. The molecular weight excluding hydrogens is 364 g/mol. The van der Waals surface area contributed by atoms with Crippen molar-refractivity contribution in [3.8, 4) is 0 Å². The first-order valence-corrected chi connectivity index (χ1v) is 10.6. The summed E-state index contributed by atoms with van der Waals surface area (Å²) in [7, 11) is 0. The predicted octanol–water partition coefficient (Wildman–Crippen LogP) is 3.37. The van der Waals surface area contributed by atoms with E-state index >= 15 is 0 Å². The van der Waals surface area contributed by atoms with Crippen molar-refractivity contribution in [2.45, 2.75) is 37.5 Å². The molecule has 150 valence electrons. The van der Waals surface area contributed by atoms with Gasteiger partial charge < -0.3 is 15.1 Å². The summed E-state index contributed by atoms with van der Waals surface area (Å²) in [4.78, 5) is 32.5. The summed E-state index contributed by atoms with van der Waals surface area (Å²) in [5, 5.41) is 2.59. The molecule has 3 fully saturated rings. The van der Waals surface area contributed by atoms with Crippen molar-refractivity contribution in [3.63, 3.8) is 0 Å². The zero-order valence-corrected chi connectivity index (χ0v) is 16.5. The van der Waals surface area contributed by atoms with Crippen LogP contribution in [0.2, 0.25) is 0 Å². The highest BCUT2D eigenvalue weighted by atomic mass is 16.2. The second-order valence-corrected chi connectivity index (χ2v) is 8.35. The molecule has 3 aliphatic rings. The standard InChI is InChI=1S/C23H26N4O2/c28-15-25-20-7-5-18(6-8-20)23(29)27-11-9-26(10-12-27)22-21(17-3-4-17)13-19(14-24-22)16-1-2-16/h5-8,13-17H,1-4,9-12H2,(H,25,28). The van der Waals surface area contributed by atoms with E-state index in [0.717, 1.165) is 24.8 Å². The summed E-state index contributed by atoms with van der Waals surface area (Å²) < 4.78 is 0. The SMILES string of the molecule is O=CNc1ccc(C(=O)N2CCN(c3ncc(C4CC4)cc3C3CC3)CC2)cc1. The minimum Gasteiger partial charge on any atom is -0.353 e. The van der Waals surface area contributed by atoms with E-state index in [2.05, 4.69) is 22.5 Å². The Labute approximate surface area is 170 Å². The van der Waals surface area contributed by atoms with Crippen LogP contribution in [0.5, 0.6) is 0 Å². The van der Waals surface area contributed by atoms with E-state index in [4.69, 9.17) is 4.98 Å². The van der Waals surface area contributed by atoms with Crippen LogP contribution < -0.4 is 10.2 Å². The fraction of sp³-hybridized carbons (Fsp3) is 0.435. The Morgan fingerprint density at radius 2 is 1.69 bits per heavy atom. The molecule has 2 amide bonds. The monoisotopic (exact) mass is 390 g/mol. The van der Waals surface area contributed by atoms with Gasteiger partial charge in [-0.1, -0.05) is 6.07 Å². The van der Waals surface area contributed by atoms with Gasteiger partial charge in [-0.15, -0.1) is 0 Å². The minimum absolute atomic E-state index is 0.0433. The van der Waals surface area contributed by atoms with E-state index < -0.39 is 0 Å². The molecule has 2 heterocycles. The van der Waals surface area contributed by atoms with Crippen molar-refractivity contribution >= 4 is 23.8 Å². The van der Waals surface area contributed by atoms with E-state index in [1.54, 1.807) is 24.3 Å². The number of nitrogens with one attached hydrogen (secondary N) is 1. The number of benzene rings is 1. The third-order valence-corrected chi connectivity index (χ3v) is 6.21. The molecule has 2 aromatic rings. The Hall–Kier alpha value is -2.89. The second kappa shape index (κ2) is 7.50. The summed E-state index contributed by atoms with van der Waals surface area (Å²) >= 11 is 0. The van der Waals surface area contributed by atoms with Crippen LogP contribution in [0.15, 0.2) is 36.5 Å². The van der Waals surface area contributed by atoms with Crippen LogP contribution in [0, 0.1) is 0 Å². The van der Waals surface area contributed by atoms with Crippen LogP contribution in [-0.4, -0.2) is 48.4 Å². The van der Waals surface area contributed by atoms with Gasteiger partial charge in [0.1, 0.15) is 5.82 Å². The smallest absolute Gasteiger partial charge is 0.253 e. The first-order valence-electron chi connectivity index (χ1n) is 10.6. The van der Waals surface area contributed by atoms with E-state index in [1.165, 1.54) is 36.8 Å². The molecule has 6 heteroatoms.